The number of amides is 1. The van der Waals surface area contributed by atoms with Gasteiger partial charge in [-0.25, -0.2) is 0 Å². The highest BCUT2D eigenvalue weighted by atomic mass is 16.5. The van der Waals surface area contributed by atoms with Gasteiger partial charge in [-0.3, -0.25) is 9.59 Å². The molecule has 6 heteroatoms. The first-order valence-corrected chi connectivity index (χ1v) is 9.54. The lowest BCUT2D eigenvalue weighted by Crippen LogP contribution is -2.12. The van der Waals surface area contributed by atoms with E-state index < -0.39 is 0 Å². The second-order valence-electron chi connectivity index (χ2n) is 6.55. The molecule has 0 aliphatic rings. The van der Waals surface area contributed by atoms with E-state index in [0.717, 1.165) is 5.56 Å². The van der Waals surface area contributed by atoms with Crippen LogP contribution in [0.15, 0.2) is 72.8 Å². The van der Waals surface area contributed by atoms with Crippen LogP contribution >= 0.6 is 0 Å². The largest absolute Gasteiger partial charge is 0.493 e. The van der Waals surface area contributed by atoms with Gasteiger partial charge < -0.3 is 19.5 Å². The van der Waals surface area contributed by atoms with Gasteiger partial charge in [0.1, 0.15) is 0 Å². The van der Waals surface area contributed by atoms with Crippen LogP contribution in [0.3, 0.4) is 0 Å². The number of benzene rings is 3. The van der Waals surface area contributed by atoms with Crippen LogP contribution in [-0.2, 0) is 0 Å². The van der Waals surface area contributed by atoms with E-state index in [1.54, 1.807) is 42.5 Å². The van der Waals surface area contributed by atoms with Crippen molar-refractivity contribution in [1.82, 2.24) is 0 Å². The lowest BCUT2D eigenvalue weighted by Gasteiger charge is -2.14. The molecular formula is C25H23NO5. The van der Waals surface area contributed by atoms with Gasteiger partial charge in [0.25, 0.3) is 5.91 Å². The van der Waals surface area contributed by atoms with E-state index in [-0.39, 0.29) is 11.7 Å². The summed E-state index contributed by atoms with van der Waals surface area (Å²) in [4.78, 5) is 24.8. The van der Waals surface area contributed by atoms with Gasteiger partial charge in [-0.1, -0.05) is 48.5 Å². The minimum Gasteiger partial charge on any atom is -0.493 e. The van der Waals surface area contributed by atoms with Gasteiger partial charge in [-0.15, -0.1) is 0 Å². The van der Waals surface area contributed by atoms with Crippen molar-refractivity contribution < 1.29 is 23.8 Å². The molecule has 6 nitrogen and oxygen atoms in total. The third-order valence-electron chi connectivity index (χ3n) is 4.58. The molecule has 0 aliphatic carbocycles. The lowest BCUT2D eigenvalue weighted by molar-refractivity contribution is 0.102. The van der Waals surface area contributed by atoms with Gasteiger partial charge in [-0.05, 0) is 35.9 Å². The number of hydrogen-bond donors (Lipinski definition) is 1. The molecule has 0 aliphatic heterocycles. The Morgan fingerprint density at radius 1 is 0.774 bits per heavy atom. The number of anilines is 1. The van der Waals surface area contributed by atoms with Crippen molar-refractivity contribution in [1.29, 1.82) is 0 Å². The van der Waals surface area contributed by atoms with E-state index in [1.165, 1.54) is 27.4 Å². The first-order chi connectivity index (χ1) is 15.0. The zero-order valence-corrected chi connectivity index (χ0v) is 17.5. The van der Waals surface area contributed by atoms with Crippen molar-refractivity contribution in [3.05, 3.63) is 89.5 Å². The van der Waals surface area contributed by atoms with E-state index in [0.29, 0.717) is 34.1 Å². The molecule has 1 N–H and O–H groups in total. The fraction of sp³-hybridized carbons (Fsp3) is 0.120. The van der Waals surface area contributed by atoms with Crippen LogP contribution < -0.4 is 19.5 Å². The third kappa shape index (κ3) is 5.30. The van der Waals surface area contributed by atoms with Gasteiger partial charge in [0.2, 0.25) is 5.75 Å². The van der Waals surface area contributed by atoms with Crippen molar-refractivity contribution in [2.45, 2.75) is 0 Å². The number of hydrogen-bond acceptors (Lipinski definition) is 5. The van der Waals surface area contributed by atoms with E-state index in [4.69, 9.17) is 14.2 Å². The molecule has 3 aromatic rings. The summed E-state index contributed by atoms with van der Waals surface area (Å²) in [5.41, 5.74) is 2.46. The summed E-state index contributed by atoms with van der Waals surface area (Å²) in [6, 6.07) is 19.4. The zero-order valence-electron chi connectivity index (χ0n) is 17.5. The molecule has 0 unspecified atom stereocenters. The minimum absolute atomic E-state index is 0.0691. The molecule has 0 aromatic heterocycles. The standard InChI is InChI=1S/C25H23NO5/c1-29-22-15-19(16-23(30-2)24(22)31-3)25(28)26-20-12-9-17(10-13-20)11-14-21(27)18-7-5-4-6-8-18/h4-16H,1-3H3,(H,26,28)/b14-11+. The van der Waals surface area contributed by atoms with Crippen molar-refractivity contribution in [3.63, 3.8) is 0 Å². The number of carbonyl (C=O) groups is 2. The molecule has 0 radical (unpaired) electrons. The number of allylic oxidation sites excluding steroid dienone is 1. The van der Waals surface area contributed by atoms with Crippen molar-refractivity contribution >= 4 is 23.5 Å². The Morgan fingerprint density at radius 2 is 1.39 bits per heavy atom. The summed E-state index contributed by atoms with van der Waals surface area (Å²) < 4.78 is 15.9. The lowest BCUT2D eigenvalue weighted by atomic mass is 10.1. The average Bonchev–Trinajstić information content (AvgIpc) is 2.82. The molecule has 0 bridgehead atoms. The Balaban J connectivity index is 1.70. The van der Waals surface area contributed by atoms with E-state index in [9.17, 15) is 9.59 Å². The number of rotatable bonds is 8. The number of nitrogens with one attached hydrogen (secondary N) is 1. The first kappa shape index (κ1) is 21.6. The average molecular weight is 417 g/mol. The Labute approximate surface area is 181 Å². The molecular weight excluding hydrogens is 394 g/mol. The van der Waals surface area contributed by atoms with E-state index in [1.807, 2.05) is 30.3 Å². The molecule has 0 spiro atoms. The molecule has 3 aromatic carbocycles. The summed E-state index contributed by atoms with van der Waals surface area (Å²) in [7, 11) is 4.49. The highest BCUT2D eigenvalue weighted by Crippen LogP contribution is 2.38. The Kier molecular flexibility index (Phi) is 7.06. The molecule has 31 heavy (non-hydrogen) atoms. The van der Waals surface area contributed by atoms with Crippen LogP contribution in [0.2, 0.25) is 0 Å². The Hall–Kier alpha value is -4.06. The molecule has 1 amide bonds. The Morgan fingerprint density at radius 3 is 1.94 bits per heavy atom. The molecule has 0 heterocycles. The van der Waals surface area contributed by atoms with E-state index >= 15 is 0 Å². The number of ketones is 1. The maximum atomic E-state index is 12.7. The molecule has 0 fully saturated rings. The maximum absolute atomic E-state index is 12.7. The van der Waals surface area contributed by atoms with Crippen LogP contribution in [0.4, 0.5) is 5.69 Å². The van der Waals surface area contributed by atoms with Gasteiger partial charge >= 0.3 is 0 Å². The molecule has 158 valence electrons. The third-order valence-corrected chi connectivity index (χ3v) is 4.58. The number of ether oxygens (including phenoxy) is 3. The normalized spacial score (nSPS) is 10.5. The van der Waals surface area contributed by atoms with Crippen LogP contribution in [0.1, 0.15) is 26.3 Å². The number of methoxy groups -OCH3 is 3. The number of carbonyl (C=O) groups excluding carboxylic acids is 2. The highest BCUT2D eigenvalue weighted by Gasteiger charge is 2.17. The van der Waals surface area contributed by atoms with Crippen LogP contribution in [0.25, 0.3) is 6.08 Å². The van der Waals surface area contributed by atoms with Crippen LogP contribution in [0, 0.1) is 0 Å². The zero-order chi connectivity index (χ0) is 22.2. The summed E-state index contributed by atoms with van der Waals surface area (Å²) >= 11 is 0. The fourth-order valence-electron chi connectivity index (χ4n) is 2.96. The monoisotopic (exact) mass is 417 g/mol. The SMILES string of the molecule is COc1cc(C(=O)Nc2ccc(/C=C/C(=O)c3ccccc3)cc2)cc(OC)c1OC. The van der Waals surface area contributed by atoms with Crippen molar-refractivity contribution in [3.8, 4) is 17.2 Å². The molecule has 0 saturated heterocycles. The summed E-state index contributed by atoms with van der Waals surface area (Å²) in [6.45, 7) is 0. The predicted octanol–water partition coefficient (Wildman–Crippen LogP) is 4.86. The van der Waals surface area contributed by atoms with Gasteiger partial charge in [0.15, 0.2) is 17.3 Å². The Bertz CT molecular complexity index is 1060. The van der Waals surface area contributed by atoms with Crippen molar-refractivity contribution in [2.75, 3.05) is 26.6 Å². The highest BCUT2D eigenvalue weighted by molar-refractivity contribution is 6.07. The quantitative estimate of drug-likeness (QED) is 0.418. The minimum atomic E-state index is -0.318. The van der Waals surface area contributed by atoms with Crippen LogP contribution in [-0.4, -0.2) is 33.0 Å². The van der Waals surface area contributed by atoms with E-state index in [2.05, 4.69) is 5.32 Å². The second kappa shape index (κ2) is 10.1. The summed E-state index contributed by atoms with van der Waals surface area (Å²) in [5, 5.41) is 2.83. The maximum Gasteiger partial charge on any atom is 0.255 e. The smallest absolute Gasteiger partial charge is 0.255 e. The van der Waals surface area contributed by atoms with Crippen molar-refractivity contribution in [2.24, 2.45) is 0 Å². The van der Waals surface area contributed by atoms with Gasteiger partial charge in [-0.2, -0.15) is 0 Å². The topological polar surface area (TPSA) is 73.9 Å². The van der Waals surface area contributed by atoms with Gasteiger partial charge in [0, 0.05) is 16.8 Å². The predicted molar refractivity (Wildman–Crippen MR) is 120 cm³/mol. The molecule has 3 rings (SSSR count). The second-order valence-corrected chi connectivity index (χ2v) is 6.55. The van der Waals surface area contributed by atoms with Crippen LogP contribution in [0.5, 0.6) is 17.2 Å². The molecule has 0 saturated carbocycles. The summed E-state index contributed by atoms with van der Waals surface area (Å²) in [5.74, 6) is 0.830. The van der Waals surface area contributed by atoms with Gasteiger partial charge in [0.05, 0.1) is 21.3 Å². The fourth-order valence-corrected chi connectivity index (χ4v) is 2.96. The first-order valence-electron chi connectivity index (χ1n) is 9.54. The summed E-state index contributed by atoms with van der Waals surface area (Å²) in [6.07, 6.45) is 3.26. The molecule has 0 atom stereocenters.